The van der Waals surface area contributed by atoms with Crippen molar-refractivity contribution >= 4 is 11.6 Å². The van der Waals surface area contributed by atoms with Crippen molar-refractivity contribution in [3.8, 4) is 0 Å². The van der Waals surface area contributed by atoms with E-state index in [4.69, 9.17) is 10.8 Å². The van der Waals surface area contributed by atoms with E-state index in [0.29, 0.717) is 11.9 Å². The first-order valence-electron chi connectivity index (χ1n) is 6.84. The summed E-state index contributed by atoms with van der Waals surface area (Å²) in [5.41, 5.74) is 3.57. The Balaban J connectivity index is 3.45. The third-order valence-electron chi connectivity index (χ3n) is 3.16. The lowest BCUT2D eigenvalue weighted by Gasteiger charge is -2.30. The average molecular weight is 265 g/mol. The molecule has 1 aromatic heterocycles. The van der Waals surface area contributed by atoms with Crippen molar-refractivity contribution < 1.29 is 0 Å². The largest absolute Gasteiger partial charge is 0.354 e. The Morgan fingerprint density at radius 1 is 1.26 bits per heavy atom. The smallest absolute Gasteiger partial charge is 0.148 e. The number of hydrazine groups is 1. The fourth-order valence-corrected chi connectivity index (χ4v) is 2.02. The second-order valence-electron chi connectivity index (χ2n) is 6.12. The number of aromatic nitrogens is 2. The molecule has 0 amide bonds. The van der Waals surface area contributed by atoms with Crippen molar-refractivity contribution in [3.63, 3.8) is 0 Å². The van der Waals surface area contributed by atoms with Gasteiger partial charge in [-0.25, -0.2) is 15.8 Å². The number of rotatable bonds is 4. The highest BCUT2D eigenvalue weighted by Gasteiger charge is 2.23. The van der Waals surface area contributed by atoms with Gasteiger partial charge in [-0.15, -0.1) is 0 Å². The zero-order valence-corrected chi connectivity index (χ0v) is 13.2. The highest BCUT2D eigenvalue weighted by molar-refractivity contribution is 5.58. The number of nitrogen functional groups attached to an aromatic ring is 1. The van der Waals surface area contributed by atoms with Gasteiger partial charge in [0.05, 0.1) is 0 Å². The first kappa shape index (κ1) is 15.7. The van der Waals surface area contributed by atoms with Gasteiger partial charge < -0.3 is 10.3 Å². The van der Waals surface area contributed by atoms with Gasteiger partial charge in [-0.2, -0.15) is 0 Å². The molecular formula is C14H27N5. The summed E-state index contributed by atoms with van der Waals surface area (Å²) in [7, 11) is 0. The van der Waals surface area contributed by atoms with E-state index in [1.165, 1.54) is 0 Å². The third-order valence-corrected chi connectivity index (χ3v) is 3.16. The Bertz CT molecular complexity index is 434. The van der Waals surface area contributed by atoms with Gasteiger partial charge >= 0.3 is 0 Å². The van der Waals surface area contributed by atoms with E-state index in [1.54, 1.807) is 0 Å². The van der Waals surface area contributed by atoms with Crippen LogP contribution in [0.3, 0.4) is 0 Å². The standard InChI is InChI=1S/C14H27N5/c1-8-19(9(2)3)12-10(4)11(18-15)16-13(17-12)14(5,6)7/h9H,8,15H2,1-7H3,(H,16,17,18). The fourth-order valence-electron chi connectivity index (χ4n) is 2.02. The van der Waals surface area contributed by atoms with Crippen LogP contribution in [0.1, 0.15) is 52.9 Å². The van der Waals surface area contributed by atoms with Gasteiger partial charge in [0.2, 0.25) is 0 Å². The highest BCUT2D eigenvalue weighted by atomic mass is 15.3. The lowest BCUT2D eigenvalue weighted by Crippen LogP contribution is -2.33. The van der Waals surface area contributed by atoms with E-state index in [2.05, 4.69) is 56.9 Å². The van der Waals surface area contributed by atoms with Crippen LogP contribution in [0.5, 0.6) is 0 Å². The lowest BCUT2D eigenvalue weighted by molar-refractivity contribution is 0.542. The Morgan fingerprint density at radius 3 is 2.21 bits per heavy atom. The quantitative estimate of drug-likeness (QED) is 0.647. The normalized spacial score (nSPS) is 11.8. The highest BCUT2D eigenvalue weighted by Crippen LogP contribution is 2.28. The van der Waals surface area contributed by atoms with Crippen molar-refractivity contribution in [1.29, 1.82) is 0 Å². The summed E-state index contributed by atoms with van der Waals surface area (Å²) in [5.74, 6) is 8.06. The maximum absolute atomic E-state index is 5.59. The summed E-state index contributed by atoms with van der Waals surface area (Å²) in [6, 6.07) is 0.386. The number of anilines is 2. The van der Waals surface area contributed by atoms with E-state index < -0.39 is 0 Å². The zero-order valence-electron chi connectivity index (χ0n) is 13.2. The SMILES string of the molecule is CCN(c1nc(C(C)(C)C)nc(NN)c1C)C(C)C. The molecule has 0 unspecified atom stereocenters. The molecule has 0 aliphatic heterocycles. The number of nitrogens with zero attached hydrogens (tertiary/aromatic N) is 3. The molecule has 0 fully saturated rings. The third kappa shape index (κ3) is 3.35. The van der Waals surface area contributed by atoms with Crippen LogP contribution in [-0.4, -0.2) is 22.6 Å². The van der Waals surface area contributed by atoms with Crippen molar-refractivity contribution in [1.82, 2.24) is 9.97 Å². The fraction of sp³-hybridized carbons (Fsp3) is 0.714. The predicted molar refractivity (Wildman–Crippen MR) is 81.4 cm³/mol. The number of nitrogens with two attached hydrogens (primary N) is 1. The molecule has 0 aliphatic rings. The van der Waals surface area contributed by atoms with Crippen molar-refractivity contribution in [3.05, 3.63) is 11.4 Å². The van der Waals surface area contributed by atoms with Crippen molar-refractivity contribution in [2.75, 3.05) is 16.9 Å². The molecule has 1 aromatic rings. The van der Waals surface area contributed by atoms with E-state index in [-0.39, 0.29) is 5.41 Å². The van der Waals surface area contributed by atoms with E-state index in [1.807, 2.05) is 6.92 Å². The van der Waals surface area contributed by atoms with E-state index >= 15 is 0 Å². The maximum Gasteiger partial charge on any atom is 0.148 e. The Hall–Kier alpha value is -1.36. The molecule has 0 spiro atoms. The van der Waals surface area contributed by atoms with Crippen LogP contribution in [0.4, 0.5) is 11.6 Å². The molecule has 1 heterocycles. The van der Waals surface area contributed by atoms with Gasteiger partial charge in [0.25, 0.3) is 0 Å². The molecule has 108 valence electrons. The number of hydrogen-bond acceptors (Lipinski definition) is 5. The van der Waals surface area contributed by atoms with Gasteiger partial charge in [-0.3, -0.25) is 0 Å². The minimum Gasteiger partial charge on any atom is -0.354 e. The Morgan fingerprint density at radius 2 is 1.84 bits per heavy atom. The van der Waals surface area contributed by atoms with Crippen LogP contribution in [0.25, 0.3) is 0 Å². The maximum atomic E-state index is 5.59. The minimum atomic E-state index is -0.107. The molecule has 0 bridgehead atoms. The Kier molecular flexibility index (Phi) is 4.74. The van der Waals surface area contributed by atoms with Crippen molar-refractivity contribution in [2.24, 2.45) is 5.84 Å². The van der Waals surface area contributed by atoms with Gasteiger partial charge in [0.15, 0.2) is 0 Å². The summed E-state index contributed by atoms with van der Waals surface area (Å²) < 4.78 is 0. The van der Waals surface area contributed by atoms with Crippen LogP contribution in [0.2, 0.25) is 0 Å². The molecule has 0 aliphatic carbocycles. The summed E-state index contributed by atoms with van der Waals surface area (Å²) >= 11 is 0. The van der Waals surface area contributed by atoms with E-state index in [0.717, 1.165) is 23.8 Å². The first-order chi connectivity index (χ1) is 8.72. The molecule has 0 saturated carbocycles. The summed E-state index contributed by atoms with van der Waals surface area (Å²) in [4.78, 5) is 11.5. The molecule has 1 rings (SSSR count). The molecule has 5 heteroatoms. The van der Waals surface area contributed by atoms with Crippen LogP contribution in [0, 0.1) is 6.92 Å². The van der Waals surface area contributed by atoms with Crippen LogP contribution in [0.15, 0.2) is 0 Å². The monoisotopic (exact) mass is 265 g/mol. The molecule has 19 heavy (non-hydrogen) atoms. The second kappa shape index (κ2) is 5.74. The van der Waals surface area contributed by atoms with Gasteiger partial charge in [0.1, 0.15) is 17.5 Å². The van der Waals surface area contributed by atoms with Crippen LogP contribution >= 0.6 is 0 Å². The molecule has 0 radical (unpaired) electrons. The number of nitrogens with one attached hydrogen (secondary N) is 1. The second-order valence-corrected chi connectivity index (χ2v) is 6.12. The first-order valence-corrected chi connectivity index (χ1v) is 6.84. The molecule has 0 saturated heterocycles. The molecule has 3 N–H and O–H groups in total. The van der Waals surface area contributed by atoms with Crippen LogP contribution < -0.4 is 16.2 Å². The summed E-state index contributed by atoms with van der Waals surface area (Å²) in [6.07, 6.45) is 0. The average Bonchev–Trinajstić information content (AvgIpc) is 2.30. The summed E-state index contributed by atoms with van der Waals surface area (Å²) in [5, 5.41) is 0. The van der Waals surface area contributed by atoms with Gasteiger partial charge in [-0.05, 0) is 27.7 Å². The number of hydrogen-bond donors (Lipinski definition) is 2. The van der Waals surface area contributed by atoms with E-state index in [9.17, 15) is 0 Å². The topological polar surface area (TPSA) is 67.1 Å². The van der Waals surface area contributed by atoms with Crippen molar-refractivity contribution in [2.45, 2.75) is 59.9 Å². The summed E-state index contributed by atoms with van der Waals surface area (Å²) in [6.45, 7) is 15.7. The Labute approximate surface area is 116 Å². The molecule has 5 nitrogen and oxygen atoms in total. The van der Waals surface area contributed by atoms with Gasteiger partial charge in [-0.1, -0.05) is 20.8 Å². The molecule has 0 aromatic carbocycles. The van der Waals surface area contributed by atoms with Gasteiger partial charge in [0, 0.05) is 23.6 Å². The molecule has 0 atom stereocenters. The zero-order chi connectivity index (χ0) is 14.8. The lowest BCUT2D eigenvalue weighted by atomic mass is 9.95. The molecular weight excluding hydrogens is 238 g/mol. The predicted octanol–water partition coefficient (Wildman–Crippen LogP) is 2.60. The van der Waals surface area contributed by atoms with Crippen LogP contribution in [-0.2, 0) is 5.41 Å². The minimum absolute atomic E-state index is 0.107.